The molecule has 0 aliphatic rings. The smallest absolute Gasteiger partial charge is 0.306 e. The lowest BCUT2D eigenvalue weighted by atomic mass is 10.4. The van der Waals surface area contributed by atoms with Crippen LogP contribution in [0.5, 0.6) is 0 Å². The van der Waals surface area contributed by atoms with Gasteiger partial charge >= 0.3 is 5.97 Å². The van der Waals surface area contributed by atoms with Crippen molar-refractivity contribution < 1.29 is 17.9 Å². The van der Waals surface area contributed by atoms with Crippen molar-refractivity contribution >= 4 is 38.9 Å². The summed E-state index contributed by atoms with van der Waals surface area (Å²) in [5.41, 5.74) is 0. The van der Waals surface area contributed by atoms with E-state index >= 15 is 0 Å². The van der Waals surface area contributed by atoms with Crippen LogP contribution in [0.3, 0.4) is 0 Å². The topological polar surface area (TPSA) is 72.5 Å². The molecule has 1 N–H and O–H groups in total. The number of carbonyl (C=O) groups is 1. The first kappa shape index (κ1) is 13.4. The fourth-order valence-corrected chi connectivity index (χ4v) is 3.66. The fraction of sp³-hybridized carbons (Fsp3) is 0.375. The molecule has 1 heterocycles. The van der Waals surface area contributed by atoms with Crippen LogP contribution in [0.1, 0.15) is 6.42 Å². The highest BCUT2D eigenvalue weighted by molar-refractivity contribution is 7.89. The predicted molar refractivity (Wildman–Crippen MR) is 61.2 cm³/mol. The van der Waals surface area contributed by atoms with E-state index in [9.17, 15) is 13.2 Å². The molecule has 0 atom stereocenters. The second kappa shape index (κ2) is 5.62. The van der Waals surface area contributed by atoms with Gasteiger partial charge in [-0.05, 0) is 0 Å². The molecule has 1 aromatic rings. The summed E-state index contributed by atoms with van der Waals surface area (Å²) in [5.74, 6) is -0.473. The quantitative estimate of drug-likeness (QED) is 0.825. The predicted octanol–water partition coefficient (Wildman–Crippen LogP) is 1.24. The number of carbonyl (C=O) groups excluding carboxylic acids is 1. The van der Waals surface area contributed by atoms with Gasteiger partial charge in [-0.1, -0.05) is 11.6 Å². The molecule has 0 amide bonds. The number of hydrogen-bond acceptors (Lipinski definition) is 5. The number of hydrogen-bond donors (Lipinski definition) is 1. The Bertz CT molecular complexity index is 468. The van der Waals surface area contributed by atoms with Crippen LogP contribution in [0.2, 0.25) is 5.02 Å². The Morgan fingerprint density at radius 1 is 1.56 bits per heavy atom. The maximum atomic E-state index is 11.6. The molecule has 1 rings (SSSR count). The first-order chi connectivity index (χ1) is 7.47. The number of methoxy groups -OCH3 is 1. The van der Waals surface area contributed by atoms with E-state index in [1.54, 1.807) is 0 Å². The van der Waals surface area contributed by atoms with Crippen LogP contribution in [-0.2, 0) is 19.6 Å². The molecule has 0 aromatic carbocycles. The van der Waals surface area contributed by atoms with Crippen LogP contribution in [0.4, 0.5) is 0 Å². The highest BCUT2D eigenvalue weighted by atomic mass is 35.5. The van der Waals surface area contributed by atoms with E-state index in [-0.39, 0.29) is 22.9 Å². The van der Waals surface area contributed by atoms with Crippen molar-refractivity contribution in [2.24, 2.45) is 0 Å². The van der Waals surface area contributed by atoms with Crippen LogP contribution < -0.4 is 4.72 Å². The molecule has 5 nitrogen and oxygen atoms in total. The van der Waals surface area contributed by atoms with E-state index in [1.165, 1.54) is 29.2 Å². The Balaban J connectivity index is 2.60. The second-order valence-electron chi connectivity index (χ2n) is 2.81. The Labute approximate surface area is 102 Å². The first-order valence-corrected chi connectivity index (χ1v) is 7.06. The molecule has 16 heavy (non-hydrogen) atoms. The third kappa shape index (κ3) is 3.44. The lowest BCUT2D eigenvalue weighted by Gasteiger charge is -2.04. The normalized spacial score (nSPS) is 11.4. The van der Waals surface area contributed by atoms with Gasteiger partial charge in [0.1, 0.15) is 4.90 Å². The van der Waals surface area contributed by atoms with E-state index in [0.29, 0.717) is 0 Å². The van der Waals surface area contributed by atoms with Gasteiger partial charge in [0.15, 0.2) is 0 Å². The fourth-order valence-electron chi connectivity index (χ4n) is 0.929. The van der Waals surface area contributed by atoms with Crippen LogP contribution in [0, 0.1) is 0 Å². The summed E-state index contributed by atoms with van der Waals surface area (Å²) in [5, 5.41) is 3.13. The van der Waals surface area contributed by atoms with Crippen molar-refractivity contribution in [2.45, 2.75) is 11.3 Å². The molecular formula is C8H10ClNO4S2. The molecule has 0 unspecified atom stereocenters. The van der Waals surface area contributed by atoms with Gasteiger partial charge in [-0.25, -0.2) is 13.1 Å². The van der Waals surface area contributed by atoms with E-state index < -0.39 is 16.0 Å². The van der Waals surface area contributed by atoms with Crippen molar-refractivity contribution in [3.8, 4) is 0 Å². The number of sulfonamides is 1. The van der Waals surface area contributed by atoms with E-state index in [0.717, 1.165) is 0 Å². The molecular weight excluding hydrogens is 274 g/mol. The van der Waals surface area contributed by atoms with Crippen molar-refractivity contribution in [3.63, 3.8) is 0 Å². The lowest BCUT2D eigenvalue weighted by molar-refractivity contribution is -0.140. The van der Waals surface area contributed by atoms with Crippen molar-refractivity contribution in [1.29, 1.82) is 0 Å². The molecule has 0 saturated carbocycles. The summed E-state index contributed by atoms with van der Waals surface area (Å²) in [7, 11) is -2.39. The second-order valence-corrected chi connectivity index (χ2v) is 5.69. The van der Waals surface area contributed by atoms with Crippen LogP contribution >= 0.6 is 22.9 Å². The Morgan fingerprint density at radius 3 is 2.75 bits per heavy atom. The first-order valence-electron chi connectivity index (χ1n) is 4.25. The Hall–Kier alpha value is -0.630. The maximum Gasteiger partial charge on any atom is 0.306 e. The standard InChI is InChI=1S/C8H10ClNO4S2/c1-14-8(11)2-3-10-16(12,13)7-5-15-4-6(7)9/h4-5,10H,2-3H2,1H3. The molecule has 90 valence electrons. The monoisotopic (exact) mass is 283 g/mol. The van der Waals surface area contributed by atoms with Crippen LogP contribution in [0.15, 0.2) is 15.7 Å². The molecule has 1 aromatic heterocycles. The average molecular weight is 284 g/mol. The minimum absolute atomic E-state index is 0.0127. The van der Waals surface area contributed by atoms with Gasteiger partial charge in [-0.3, -0.25) is 4.79 Å². The third-order valence-electron chi connectivity index (χ3n) is 1.72. The van der Waals surface area contributed by atoms with E-state index in [1.807, 2.05) is 0 Å². The Morgan fingerprint density at radius 2 is 2.25 bits per heavy atom. The number of rotatable bonds is 5. The molecule has 8 heteroatoms. The third-order valence-corrected chi connectivity index (χ3v) is 4.67. The highest BCUT2D eigenvalue weighted by Crippen LogP contribution is 2.24. The summed E-state index contributed by atoms with van der Waals surface area (Å²) in [6, 6.07) is 0. The zero-order valence-electron chi connectivity index (χ0n) is 8.40. The maximum absolute atomic E-state index is 11.6. The van der Waals surface area contributed by atoms with Gasteiger partial charge in [0.05, 0.1) is 18.6 Å². The van der Waals surface area contributed by atoms with Crippen molar-refractivity contribution in [3.05, 3.63) is 15.8 Å². The summed E-state index contributed by atoms with van der Waals surface area (Å²) in [4.78, 5) is 10.8. The molecule has 0 radical (unpaired) electrons. The van der Waals surface area contributed by atoms with Crippen molar-refractivity contribution in [1.82, 2.24) is 4.72 Å². The van der Waals surface area contributed by atoms with Crippen LogP contribution in [-0.4, -0.2) is 28.0 Å². The van der Waals surface area contributed by atoms with Gasteiger partial charge in [-0.2, -0.15) is 0 Å². The summed E-state index contributed by atoms with van der Waals surface area (Å²) >= 11 is 6.89. The zero-order valence-corrected chi connectivity index (χ0v) is 10.8. The van der Waals surface area contributed by atoms with Gasteiger partial charge in [0.2, 0.25) is 10.0 Å². The lowest BCUT2D eigenvalue weighted by Crippen LogP contribution is -2.26. The molecule has 0 fully saturated rings. The molecule has 0 spiro atoms. The molecule has 0 saturated heterocycles. The summed E-state index contributed by atoms with van der Waals surface area (Å²) < 4.78 is 29.9. The summed E-state index contributed by atoms with van der Waals surface area (Å²) in [6.07, 6.45) is -0.0164. The van der Waals surface area contributed by atoms with Crippen molar-refractivity contribution in [2.75, 3.05) is 13.7 Å². The summed E-state index contributed by atoms with van der Waals surface area (Å²) in [6.45, 7) is -0.0127. The zero-order chi connectivity index (χ0) is 12.2. The number of nitrogens with one attached hydrogen (secondary N) is 1. The van der Waals surface area contributed by atoms with E-state index in [2.05, 4.69) is 9.46 Å². The van der Waals surface area contributed by atoms with Gasteiger partial charge in [0, 0.05) is 17.3 Å². The largest absolute Gasteiger partial charge is 0.469 e. The highest BCUT2D eigenvalue weighted by Gasteiger charge is 2.18. The van der Waals surface area contributed by atoms with Crippen LogP contribution in [0.25, 0.3) is 0 Å². The average Bonchev–Trinajstić information content (AvgIpc) is 2.64. The van der Waals surface area contributed by atoms with Gasteiger partial charge < -0.3 is 4.74 Å². The molecule has 0 bridgehead atoms. The molecule has 0 aliphatic carbocycles. The number of ether oxygens (including phenoxy) is 1. The van der Waals surface area contributed by atoms with E-state index in [4.69, 9.17) is 11.6 Å². The number of esters is 1. The molecule has 0 aliphatic heterocycles. The van der Waals surface area contributed by atoms with Gasteiger partial charge in [-0.15, -0.1) is 11.3 Å². The number of halogens is 1. The Kier molecular flexibility index (Phi) is 4.72. The minimum Gasteiger partial charge on any atom is -0.469 e. The minimum atomic E-state index is -3.63. The number of thiophene rings is 1. The van der Waals surface area contributed by atoms with Gasteiger partial charge in [0.25, 0.3) is 0 Å². The SMILES string of the molecule is COC(=O)CCNS(=O)(=O)c1cscc1Cl.